The first-order valence-electron chi connectivity index (χ1n) is 7.11. The molecule has 0 aliphatic carbocycles. The van der Waals surface area contributed by atoms with Crippen LogP contribution < -0.4 is 0 Å². The molecule has 2 rings (SSSR count). The molecule has 1 aromatic rings. The number of nitriles is 2. The van der Waals surface area contributed by atoms with Crippen LogP contribution in [0.3, 0.4) is 0 Å². The topological polar surface area (TPSA) is 72.3 Å². The molecule has 1 heterocycles. The van der Waals surface area contributed by atoms with E-state index in [-0.39, 0.29) is 17.3 Å². The first kappa shape index (κ1) is 15.4. The van der Waals surface area contributed by atoms with Crippen LogP contribution in [0, 0.1) is 28.6 Å². The minimum Gasteiger partial charge on any atom is -0.243 e. The Hall–Kier alpha value is -2.98. The summed E-state index contributed by atoms with van der Waals surface area (Å²) in [6.07, 6.45) is 4.67. The van der Waals surface area contributed by atoms with Gasteiger partial charge in [0.25, 0.3) is 0 Å². The Morgan fingerprint density at radius 3 is 2.27 bits per heavy atom. The summed E-state index contributed by atoms with van der Waals surface area (Å²) in [5.74, 6) is 0.00848. The second-order valence-electron chi connectivity index (χ2n) is 4.92. The molecule has 0 bridgehead atoms. The van der Waals surface area contributed by atoms with E-state index in [1.165, 1.54) is 0 Å². The maximum atomic E-state index is 9.21. The smallest absolute Gasteiger partial charge is 0.177 e. The Morgan fingerprint density at radius 1 is 1.05 bits per heavy atom. The van der Waals surface area contributed by atoms with Crippen molar-refractivity contribution in [2.75, 3.05) is 0 Å². The zero-order valence-corrected chi connectivity index (χ0v) is 12.6. The molecule has 0 amide bonds. The molecule has 0 aromatic heterocycles. The standard InChI is InChI=1S/C18H16N4/c1-3-15-13(2)21-17(11-19)18(12-20)22-16(15)10-9-14-7-5-4-6-8-14/h4-10,15H,3H2,1-2H3. The molecule has 1 unspecified atom stereocenters. The van der Waals surface area contributed by atoms with E-state index < -0.39 is 0 Å². The van der Waals surface area contributed by atoms with Gasteiger partial charge in [0.2, 0.25) is 0 Å². The molecule has 4 heteroatoms. The maximum absolute atomic E-state index is 9.21. The Bertz CT molecular complexity index is 753. The SMILES string of the molecule is CCC1C(C)=NC(C#N)=C(C#N)N=C1C=Cc1ccccc1. The fraction of sp³-hybridized carbons (Fsp3) is 0.222. The average Bonchev–Trinajstić information content (AvgIpc) is 2.69. The number of rotatable bonds is 3. The van der Waals surface area contributed by atoms with Gasteiger partial charge in [-0.05, 0) is 25.0 Å². The predicted octanol–water partition coefficient (Wildman–Crippen LogP) is 3.90. The summed E-state index contributed by atoms with van der Waals surface area (Å²) >= 11 is 0. The normalized spacial score (nSPS) is 18.3. The van der Waals surface area contributed by atoms with Crippen molar-refractivity contribution in [1.82, 2.24) is 0 Å². The predicted molar refractivity (Wildman–Crippen MR) is 88.1 cm³/mol. The van der Waals surface area contributed by atoms with Gasteiger partial charge in [0.1, 0.15) is 12.1 Å². The molecule has 1 atom stereocenters. The number of benzene rings is 1. The van der Waals surface area contributed by atoms with Gasteiger partial charge in [-0.1, -0.05) is 43.3 Å². The van der Waals surface area contributed by atoms with Gasteiger partial charge in [-0.3, -0.25) is 0 Å². The summed E-state index contributed by atoms with van der Waals surface area (Å²) in [4.78, 5) is 8.64. The first-order valence-corrected chi connectivity index (χ1v) is 7.11. The number of hydrogen-bond donors (Lipinski definition) is 0. The Balaban J connectivity index is 2.47. The van der Waals surface area contributed by atoms with Crippen molar-refractivity contribution in [2.24, 2.45) is 15.9 Å². The quantitative estimate of drug-likeness (QED) is 0.846. The lowest BCUT2D eigenvalue weighted by Gasteiger charge is -2.13. The van der Waals surface area contributed by atoms with Crippen molar-refractivity contribution >= 4 is 17.5 Å². The van der Waals surface area contributed by atoms with Crippen molar-refractivity contribution < 1.29 is 0 Å². The minimum absolute atomic E-state index is 0.00848. The summed E-state index contributed by atoms with van der Waals surface area (Å²) in [7, 11) is 0. The highest BCUT2D eigenvalue weighted by atomic mass is 14.9. The van der Waals surface area contributed by atoms with Gasteiger partial charge >= 0.3 is 0 Å². The van der Waals surface area contributed by atoms with Crippen LogP contribution in [0.25, 0.3) is 6.08 Å². The van der Waals surface area contributed by atoms with Crippen molar-refractivity contribution in [2.45, 2.75) is 20.3 Å². The first-order chi connectivity index (χ1) is 10.7. The van der Waals surface area contributed by atoms with E-state index in [1.807, 2.05) is 68.5 Å². The summed E-state index contributed by atoms with van der Waals surface area (Å²) in [6.45, 7) is 3.91. The molecule has 0 spiro atoms. The number of allylic oxidation sites excluding steroid dienone is 3. The third-order valence-electron chi connectivity index (χ3n) is 3.48. The van der Waals surface area contributed by atoms with Gasteiger partial charge in [0, 0.05) is 11.6 Å². The molecule has 0 fully saturated rings. The van der Waals surface area contributed by atoms with Crippen molar-refractivity contribution in [3.8, 4) is 12.1 Å². The molecule has 1 aliphatic rings. The largest absolute Gasteiger partial charge is 0.243 e. The zero-order chi connectivity index (χ0) is 15.9. The van der Waals surface area contributed by atoms with Crippen molar-refractivity contribution in [1.29, 1.82) is 10.5 Å². The van der Waals surface area contributed by atoms with Crippen LogP contribution in [-0.4, -0.2) is 11.4 Å². The average molecular weight is 288 g/mol. The number of nitrogens with zero attached hydrogens (tertiary/aromatic N) is 4. The monoisotopic (exact) mass is 288 g/mol. The third-order valence-corrected chi connectivity index (χ3v) is 3.48. The minimum atomic E-state index is 0.00848. The maximum Gasteiger partial charge on any atom is 0.177 e. The Morgan fingerprint density at radius 2 is 1.68 bits per heavy atom. The molecule has 0 saturated carbocycles. The second-order valence-corrected chi connectivity index (χ2v) is 4.92. The lowest BCUT2D eigenvalue weighted by atomic mass is 9.94. The highest BCUT2D eigenvalue weighted by Gasteiger charge is 2.21. The molecular formula is C18H16N4. The van der Waals surface area contributed by atoms with Gasteiger partial charge in [0.15, 0.2) is 11.4 Å². The van der Waals surface area contributed by atoms with Gasteiger partial charge in [0.05, 0.1) is 5.71 Å². The lowest BCUT2D eigenvalue weighted by Crippen LogP contribution is -2.19. The molecule has 108 valence electrons. The molecule has 0 radical (unpaired) electrons. The summed E-state index contributed by atoms with van der Waals surface area (Å²) in [6, 6.07) is 13.8. The van der Waals surface area contributed by atoms with Gasteiger partial charge in [-0.25, -0.2) is 9.98 Å². The third kappa shape index (κ3) is 3.37. The van der Waals surface area contributed by atoms with Crippen LogP contribution in [0.15, 0.2) is 57.8 Å². The fourth-order valence-corrected chi connectivity index (χ4v) is 2.34. The van der Waals surface area contributed by atoms with Crippen LogP contribution in [0.5, 0.6) is 0 Å². The molecule has 22 heavy (non-hydrogen) atoms. The van der Waals surface area contributed by atoms with E-state index in [1.54, 1.807) is 0 Å². The van der Waals surface area contributed by atoms with Crippen LogP contribution in [0.1, 0.15) is 25.8 Å². The number of aliphatic imine (C=N–C) groups is 2. The van der Waals surface area contributed by atoms with Crippen molar-refractivity contribution in [3.05, 3.63) is 53.4 Å². The molecule has 4 nitrogen and oxygen atoms in total. The van der Waals surface area contributed by atoms with E-state index in [0.717, 1.165) is 23.4 Å². The molecule has 0 saturated heterocycles. The van der Waals surface area contributed by atoms with Crippen LogP contribution in [0.2, 0.25) is 0 Å². The van der Waals surface area contributed by atoms with E-state index in [4.69, 9.17) is 5.26 Å². The molecule has 1 aliphatic heterocycles. The molecular weight excluding hydrogens is 272 g/mol. The van der Waals surface area contributed by atoms with E-state index in [2.05, 4.69) is 9.98 Å². The summed E-state index contributed by atoms with van der Waals surface area (Å²) in [5, 5.41) is 18.3. The molecule has 1 aromatic carbocycles. The molecule has 0 N–H and O–H groups in total. The fourth-order valence-electron chi connectivity index (χ4n) is 2.34. The van der Waals surface area contributed by atoms with Crippen LogP contribution >= 0.6 is 0 Å². The van der Waals surface area contributed by atoms with Crippen LogP contribution in [-0.2, 0) is 0 Å². The lowest BCUT2D eigenvalue weighted by molar-refractivity contribution is 0.856. The zero-order valence-electron chi connectivity index (χ0n) is 12.6. The Labute approximate surface area is 130 Å². The van der Waals surface area contributed by atoms with Crippen LogP contribution in [0.4, 0.5) is 0 Å². The van der Waals surface area contributed by atoms with E-state index in [0.29, 0.717) is 0 Å². The van der Waals surface area contributed by atoms with E-state index >= 15 is 0 Å². The van der Waals surface area contributed by atoms with Gasteiger partial charge in [-0.15, -0.1) is 0 Å². The second kappa shape index (κ2) is 7.15. The van der Waals surface area contributed by atoms with Crippen molar-refractivity contribution in [3.63, 3.8) is 0 Å². The summed E-state index contributed by atoms with van der Waals surface area (Å²) in [5.41, 5.74) is 2.78. The summed E-state index contributed by atoms with van der Waals surface area (Å²) < 4.78 is 0. The van der Waals surface area contributed by atoms with E-state index in [9.17, 15) is 5.26 Å². The van der Waals surface area contributed by atoms with Gasteiger partial charge in [-0.2, -0.15) is 10.5 Å². The number of hydrogen-bond acceptors (Lipinski definition) is 4. The van der Waals surface area contributed by atoms with Gasteiger partial charge < -0.3 is 0 Å². The highest BCUT2D eigenvalue weighted by Crippen LogP contribution is 2.20. The highest BCUT2D eigenvalue weighted by molar-refractivity contribution is 6.14. The Kier molecular flexibility index (Phi) is 5.01.